The van der Waals surface area contributed by atoms with Crippen LogP contribution in [-0.4, -0.2) is 0 Å². The molecule has 0 heterocycles. The Morgan fingerprint density at radius 2 is 1.62 bits per heavy atom. The van der Waals surface area contributed by atoms with Crippen molar-refractivity contribution < 1.29 is 0 Å². The molecule has 0 aliphatic heterocycles. The second-order valence-corrected chi connectivity index (χ2v) is 5.52. The number of aryl methyl sites for hydroxylation is 1. The maximum Gasteiger partial charge on any atom is -0.0126 e. The summed E-state index contributed by atoms with van der Waals surface area (Å²) in [6.45, 7) is 14.8. The normalized spacial score (nSPS) is 12.7. The zero-order valence-electron chi connectivity index (χ0n) is 11.1. The lowest BCUT2D eigenvalue weighted by Crippen LogP contribution is -2.08. The van der Waals surface area contributed by atoms with Gasteiger partial charge >= 0.3 is 0 Å². The molecule has 0 unspecified atom stereocenters. The number of rotatable bonds is 2. The smallest absolute Gasteiger partial charge is 0.0126 e. The van der Waals surface area contributed by atoms with Gasteiger partial charge in [0.05, 0.1) is 0 Å². The van der Waals surface area contributed by atoms with Gasteiger partial charge in [0.15, 0.2) is 0 Å². The van der Waals surface area contributed by atoms with Crippen LogP contribution in [0, 0.1) is 12.3 Å². The second-order valence-electron chi connectivity index (χ2n) is 5.52. The molecule has 0 N–H and O–H groups in total. The van der Waals surface area contributed by atoms with Gasteiger partial charge in [-0.05, 0) is 30.4 Å². The summed E-state index contributed by atoms with van der Waals surface area (Å²) in [5.41, 5.74) is 5.19. The van der Waals surface area contributed by atoms with E-state index in [1.165, 1.54) is 16.7 Å². The predicted molar refractivity (Wildman–Crippen MR) is 73.4 cm³/mol. The maximum absolute atomic E-state index is 3.98. The first-order chi connectivity index (χ1) is 7.30. The van der Waals surface area contributed by atoms with Crippen molar-refractivity contribution in [2.24, 2.45) is 5.41 Å². The Kier molecular flexibility index (Phi) is 3.74. The van der Waals surface area contributed by atoms with Crippen molar-refractivity contribution in [3.05, 3.63) is 53.6 Å². The average Bonchev–Trinajstić information content (AvgIpc) is 2.14. The van der Waals surface area contributed by atoms with Crippen molar-refractivity contribution in [3.8, 4) is 0 Å². The van der Waals surface area contributed by atoms with E-state index in [2.05, 4.69) is 64.6 Å². The molecule has 0 nitrogen and oxygen atoms in total. The highest BCUT2D eigenvalue weighted by molar-refractivity contribution is 5.71. The van der Waals surface area contributed by atoms with Crippen LogP contribution in [0.3, 0.4) is 0 Å². The van der Waals surface area contributed by atoms with Gasteiger partial charge in [-0.1, -0.05) is 68.8 Å². The second kappa shape index (κ2) is 4.69. The predicted octanol–water partition coefficient (Wildman–Crippen LogP) is 5.00. The molecule has 86 valence electrons. The third-order valence-electron chi connectivity index (χ3n) is 2.56. The van der Waals surface area contributed by atoms with Gasteiger partial charge in [-0.25, -0.2) is 0 Å². The van der Waals surface area contributed by atoms with Crippen molar-refractivity contribution in [1.29, 1.82) is 0 Å². The highest BCUT2D eigenvalue weighted by atomic mass is 14.2. The highest BCUT2D eigenvalue weighted by Crippen LogP contribution is 2.34. The largest absolute Gasteiger partial charge is 0.0961 e. The minimum atomic E-state index is 0.147. The molecule has 0 saturated heterocycles. The first-order valence-electron chi connectivity index (χ1n) is 5.75. The lowest BCUT2D eigenvalue weighted by Gasteiger charge is -2.24. The van der Waals surface area contributed by atoms with Crippen molar-refractivity contribution in [1.82, 2.24) is 0 Å². The molecule has 0 aromatic heterocycles. The van der Waals surface area contributed by atoms with E-state index in [-0.39, 0.29) is 5.41 Å². The molecule has 16 heavy (non-hydrogen) atoms. The lowest BCUT2D eigenvalue weighted by atomic mass is 9.81. The molecular weight excluding hydrogens is 192 g/mol. The van der Waals surface area contributed by atoms with E-state index in [4.69, 9.17) is 0 Å². The van der Waals surface area contributed by atoms with Crippen LogP contribution >= 0.6 is 0 Å². The van der Waals surface area contributed by atoms with Gasteiger partial charge in [0.25, 0.3) is 0 Å². The maximum atomic E-state index is 3.98. The Balaban J connectivity index is 3.23. The zero-order chi connectivity index (χ0) is 12.3. The number of benzene rings is 1. The SMILES string of the molecule is C=C(C)/C=C(/c1ccc(C)cc1)C(C)(C)C. The summed E-state index contributed by atoms with van der Waals surface area (Å²) in [5, 5.41) is 0. The number of allylic oxidation sites excluding steroid dienone is 3. The summed E-state index contributed by atoms with van der Waals surface area (Å²) in [6.07, 6.45) is 2.19. The van der Waals surface area contributed by atoms with Gasteiger partial charge in [0.1, 0.15) is 0 Å². The van der Waals surface area contributed by atoms with Gasteiger partial charge in [0, 0.05) is 0 Å². The van der Waals surface area contributed by atoms with Crippen LogP contribution in [0.5, 0.6) is 0 Å². The highest BCUT2D eigenvalue weighted by Gasteiger charge is 2.18. The van der Waals surface area contributed by atoms with Crippen molar-refractivity contribution in [3.63, 3.8) is 0 Å². The van der Waals surface area contributed by atoms with Crippen LogP contribution < -0.4 is 0 Å². The Morgan fingerprint density at radius 3 is 2.00 bits per heavy atom. The summed E-state index contributed by atoms with van der Waals surface area (Å²) >= 11 is 0. The van der Waals surface area contributed by atoms with Crippen LogP contribution in [0.1, 0.15) is 38.8 Å². The molecule has 0 fully saturated rings. The van der Waals surface area contributed by atoms with Crippen molar-refractivity contribution >= 4 is 5.57 Å². The van der Waals surface area contributed by atoms with Gasteiger partial charge < -0.3 is 0 Å². The third kappa shape index (κ3) is 3.37. The standard InChI is InChI=1S/C16H22/c1-12(2)11-15(16(4,5)6)14-9-7-13(3)8-10-14/h7-11H,1H2,2-6H3/b15-11-. The Bertz CT molecular complexity index is 397. The van der Waals surface area contributed by atoms with E-state index in [0.717, 1.165) is 5.57 Å². The van der Waals surface area contributed by atoms with Gasteiger partial charge in [-0.3, -0.25) is 0 Å². The third-order valence-corrected chi connectivity index (χ3v) is 2.56. The van der Waals surface area contributed by atoms with Gasteiger partial charge in [-0.15, -0.1) is 0 Å². The van der Waals surface area contributed by atoms with Crippen LogP contribution in [-0.2, 0) is 0 Å². The molecule has 1 aromatic carbocycles. The van der Waals surface area contributed by atoms with E-state index in [9.17, 15) is 0 Å². The monoisotopic (exact) mass is 214 g/mol. The average molecular weight is 214 g/mol. The quantitative estimate of drug-likeness (QED) is 0.608. The molecule has 0 aliphatic carbocycles. The summed E-state index contributed by atoms with van der Waals surface area (Å²) in [5.74, 6) is 0. The number of hydrogen-bond donors (Lipinski definition) is 0. The van der Waals surface area contributed by atoms with E-state index in [0.29, 0.717) is 0 Å². The minimum absolute atomic E-state index is 0.147. The molecule has 1 aromatic rings. The molecule has 0 amide bonds. The lowest BCUT2D eigenvalue weighted by molar-refractivity contribution is 0.566. The molecule has 0 bridgehead atoms. The molecule has 0 saturated carbocycles. The van der Waals surface area contributed by atoms with Crippen LogP contribution in [0.2, 0.25) is 0 Å². The fourth-order valence-corrected chi connectivity index (χ4v) is 1.71. The molecule has 1 rings (SSSR count). The molecule has 0 atom stereocenters. The zero-order valence-corrected chi connectivity index (χ0v) is 11.1. The molecule has 0 heteroatoms. The van der Waals surface area contributed by atoms with Crippen molar-refractivity contribution in [2.75, 3.05) is 0 Å². The summed E-state index contributed by atoms with van der Waals surface area (Å²) in [6, 6.07) is 8.70. The molecule has 0 spiro atoms. The van der Waals surface area contributed by atoms with Gasteiger partial charge in [-0.2, -0.15) is 0 Å². The Morgan fingerprint density at radius 1 is 1.12 bits per heavy atom. The minimum Gasteiger partial charge on any atom is -0.0961 e. The Hall–Kier alpha value is -1.30. The molecule has 0 radical (unpaired) electrons. The molecule has 0 aliphatic rings. The van der Waals surface area contributed by atoms with E-state index >= 15 is 0 Å². The Labute approximate surface area is 99.7 Å². The van der Waals surface area contributed by atoms with E-state index in [1.54, 1.807) is 0 Å². The van der Waals surface area contributed by atoms with E-state index in [1.807, 2.05) is 6.92 Å². The van der Waals surface area contributed by atoms with Crippen LogP contribution in [0.25, 0.3) is 5.57 Å². The topological polar surface area (TPSA) is 0 Å². The fraction of sp³-hybridized carbons (Fsp3) is 0.375. The van der Waals surface area contributed by atoms with Crippen LogP contribution in [0.15, 0.2) is 42.5 Å². The number of hydrogen-bond acceptors (Lipinski definition) is 0. The first-order valence-corrected chi connectivity index (χ1v) is 5.75. The van der Waals surface area contributed by atoms with E-state index < -0.39 is 0 Å². The fourth-order valence-electron chi connectivity index (χ4n) is 1.71. The summed E-state index contributed by atoms with van der Waals surface area (Å²) in [7, 11) is 0. The molecular formula is C16H22. The van der Waals surface area contributed by atoms with Crippen molar-refractivity contribution in [2.45, 2.75) is 34.6 Å². The van der Waals surface area contributed by atoms with Crippen LogP contribution in [0.4, 0.5) is 0 Å². The summed E-state index contributed by atoms with van der Waals surface area (Å²) < 4.78 is 0. The first kappa shape index (κ1) is 12.8. The van der Waals surface area contributed by atoms with Gasteiger partial charge in [0.2, 0.25) is 0 Å². The summed E-state index contributed by atoms with van der Waals surface area (Å²) in [4.78, 5) is 0.